The normalized spacial score (nSPS) is 14.4. The number of aryl methyl sites for hydroxylation is 1. The number of halogens is 2. The van der Waals surface area contributed by atoms with Crippen molar-refractivity contribution >= 4 is 33.6 Å². The maximum absolute atomic E-state index is 12.6. The fourth-order valence-electron chi connectivity index (χ4n) is 3.59. The molecule has 0 bridgehead atoms. The quantitative estimate of drug-likeness (QED) is 0.269. The van der Waals surface area contributed by atoms with Crippen LogP contribution in [0.5, 0.6) is 5.75 Å². The maximum Gasteiger partial charge on any atom is 0.415 e. The number of hydrogen-bond acceptors (Lipinski definition) is 2. The van der Waals surface area contributed by atoms with E-state index in [0.717, 1.165) is 54.4 Å². The van der Waals surface area contributed by atoms with Crippen LogP contribution in [0.15, 0.2) is 16.6 Å². The van der Waals surface area contributed by atoms with E-state index in [1.54, 1.807) is 0 Å². The van der Waals surface area contributed by atoms with E-state index in [4.69, 9.17) is 16.3 Å². The van der Waals surface area contributed by atoms with E-state index in [2.05, 4.69) is 28.9 Å². The van der Waals surface area contributed by atoms with Gasteiger partial charge in [0, 0.05) is 19.0 Å². The fraction of sp³-hybridized carbons (Fsp3) is 0.682. The van der Waals surface area contributed by atoms with E-state index in [0.29, 0.717) is 11.6 Å². The highest BCUT2D eigenvalue weighted by atomic mass is 79.9. The van der Waals surface area contributed by atoms with Crippen molar-refractivity contribution in [3.05, 3.63) is 27.7 Å². The number of carbonyl (C=O) groups is 1. The van der Waals surface area contributed by atoms with Gasteiger partial charge in [-0.1, -0.05) is 51.5 Å². The topological polar surface area (TPSA) is 29.5 Å². The smallest absolute Gasteiger partial charge is 0.409 e. The lowest BCUT2D eigenvalue weighted by Crippen LogP contribution is -2.37. The molecule has 0 spiro atoms. The molecule has 27 heavy (non-hydrogen) atoms. The molecule has 1 heterocycles. The van der Waals surface area contributed by atoms with Gasteiger partial charge in [-0.3, -0.25) is 0 Å². The molecule has 1 aromatic rings. The Morgan fingerprint density at radius 2 is 1.74 bits per heavy atom. The van der Waals surface area contributed by atoms with Crippen molar-refractivity contribution in [2.75, 3.05) is 13.1 Å². The number of ether oxygens (including phenoxy) is 1. The number of likely N-dealkylation sites (tertiary alicyclic amines) is 1. The lowest BCUT2D eigenvalue weighted by atomic mass is 10.0. The number of benzene rings is 1. The first-order chi connectivity index (χ1) is 13.2. The third kappa shape index (κ3) is 7.65. The van der Waals surface area contributed by atoms with Crippen LogP contribution < -0.4 is 4.74 Å². The summed E-state index contributed by atoms with van der Waals surface area (Å²) in [6.07, 6.45) is 12.9. The molecule has 5 heteroatoms. The van der Waals surface area contributed by atoms with Crippen molar-refractivity contribution < 1.29 is 9.53 Å². The van der Waals surface area contributed by atoms with Gasteiger partial charge in [0.05, 0.1) is 4.47 Å². The standard InChI is InChI=1S/C22H33BrClNO2/c1-2-3-4-5-6-7-9-12-19-15-18(17-24)16-20(23)21(19)27-22(26)25-13-10-8-11-14-25/h15-16H,2-14,17H2,1H3. The molecular formula is C22H33BrClNO2. The van der Waals surface area contributed by atoms with Crippen molar-refractivity contribution in [2.45, 2.75) is 83.4 Å². The first-order valence-electron chi connectivity index (χ1n) is 10.5. The van der Waals surface area contributed by atoms with Gasteiger partial charge in [-0.05, 0) is 65.2 Å². The van der Waals surface area contributed by atoms with Gasteiger partial charge >= 0.3 is 6.09 Å². The van der Waals surface area contributed by atoms with E-state index in [9.17, 15) is 4.79 Å². The van der Waals surface area contributed by atoms with Crippen LogP contribution in [0.1, 0.15) is 82.3 Å². The van der Waals surface area contributed by atoms with Crippen molar-refractivity contribution in [2.24, 2.45) is 0 Å². The zero-order valence-electron chi connectivity index (χ0n) is 16.6. The highest BCUT2D eigenvalue weighted by Crippen LogP contribution is 2.33. The van der Waals surface area contributed by atoms with Crippen LogP contribution in [0.3, 0.4) is 0 Å². The summed E-state index contributed by atoms with van der Waals surface area (Å²) in [5.41, 5.74) is 2.14. The molecule has 0 unspecified atom stereocenters. The van der Waals surface area contributed by atoms with Crippen molar-refractivity contribution in [3.63, 3.8) is 0 Å². The Bertz CT molecular complexity index is 588. The van der Waals surface area contributed by atoms with Crippen molar-refractivity contribution in [1.82, 2.24) is 4.90 Å². The number of piperidine rings is 1. The minimum Gasteiger partial charge on any atom is -0.409 e. The van der Waals surface area contributed by atoms with Gasteiger partial charge in [0.1, 0.15) is 5.75 Å². The Balaban J connectivity index is 1.96. The number of rotatable bonds is 10. The molecule has 2 rings (SSSR count). The fourth-order valence-corrected chi connectivity index (χ4v) is 4.37. The van der Waals surface area contributed by atoms with Gasteiger partial charge in [0.2, 0.25) is 0 Å². The molecule has 1 aliphatic heterocycles. The van der Waals surface area contributed by atoms with Crippen LogP contribution >= 0.6 is 27.5 Å². The van der Waals surface area contributed by atoms with Gasteiger partial charge in [-0.15, -0.1) is 11.6 Å². The molecule has 152 valence electrons. The van der Waals surface area contributed by atoms with E-state index >= 15 is 0 Å². The predicted molar refractivity (Wildman–Crippen MR) is 117 cm³/mol. The number of nitrogens with zero attached hydrogens (tertiary/aromatic N) is 1. The summed E-state index contributed by atoms with van der Waals surface area (Å²) in [5, 5.41) is 0. The van der Waals surface area contributed by atoms with Gasteiger partial charge in [0.15, 0.2) is 0 Å². The average Bonchev–Trinajstić information content (AvgIpc) is 2.69. The maximum atomic E-state index is 12.6. The van der Waals surface area contributed by atoms with Crippen molar-refractivity contribution in [3.8, 4) is 5.75 Å². The number of amides is 1. The summed E-state index contributed by atoms with van der Waals surface area (Å²) in [5.74, 6) is 1.13. The van der Waals surface area contributed by atoms with Crippen LogP contribution in [-0.2, 0) is 12.3 Å². The molecule has 3 nitrogen and oxygen atoms in total. The summed E-state index contributed by atoms with van der Waals surface area (Å²) in [7, 11) is 0. The third-order valence-corrected chi connectivity index (χ3v) is 6.09. The second-order valence-corrected chi connectivity index (χ2v) is 8.61. The van der Waals surface area contributed by atoms with Gasteiger partial charge < -0.3 is 9.64 Å². The Morgan fingerprint density at radius 1 is 1.07 bits per heavy atom. The molecule has 1 aliphatic rings. The Morgan fingerprint density at radius 3 is 2.41 bits per heavy atom. The zero-order chi connectivity index (χ0) is 19.5. The Kier molecular flexibility index (Phi) is 10.6. The highest BCUT2D eigenvalue weighted by Gasteiger charge is 2.21. The second kappa shape index (κ2) is 12.7. The summed E-state index contributed by atoms with van der Waals surface area (Å²) < 4.78 is 6.65. The predicted octanol–water partition coefficient (Wildman–Crippen LogP) is 7.47. The van der Waals surface area contributed by atoms with E-state index in [1.165, 1.54) is 44.9 Å². The van der Waals surface area contributed by atoms with Gasteiger partial charge in [-0.2, -0.15) is 0 Å². The molecule has 0 aliphatic carbocycles. The first-order valence-corrected chi connectivity index (χ1v) is 11.8. The minimum absolute atomic E-state index is 0.227. The molecule has 1 fully saturated rings. The molecule has 0 N–H and O–H groups in total. The second-order valence-electron chi connectivity index (χ2n) is 7.49. The van der Waals surface area contributed by atoms with Gasteiger partial charge in [-0.25, -0.2) is 4.79 Å². The van der Waals surface area contributed by atoms with Crippen LogP contribution in [-0.4, -0.2) is 24.1 Å². The highest BCUT2D eigenvalue weighted by molar-refractivity contribution is 9.10. The number of carbonyl (C=O) groups excluding carboxylic acids is 1. The van der Waals surface area contributed by atoms with Crippen LogP contribution in [0.4, 0.5) is 4.79 Å². The molecule has 1 saturated heterocycles. The number of unbranched alkanes of at least 4 members (excludes halogenated alkanes) is 6. The van der Waals surface area contributed by atoms with Crippen molar-refractivity contribution in [1.29, 1.82) is 0 Å². The zero-order valence-corrected chi connectivity index (χ0v) is 18.9. The molecule has 0 saturated carbocycles. The monoisotopic (exact) mass is 457 g/mol. The molecule has 0 atom stereocenters. The Labute approximate surface area is 177 Å². The molecule has 1 aromatic carbocycles. The lowest BCUT2D eigenvalue weighted by Gasteiger charge is -2.26. The summed E-state index contributed by atoms with van der Waals surface area (Å²) in [6.45, 7) is 3.83. The molecule has 0 aromatic heterocycles. The summed E-state index contributed by atoms with van der Waals surface area (Å²) in [6, 6.07) is 4.05. The SMILES string of the molecule is CCCCCCCCCc1cc(CCl)cc(Br)c1OC(=O)N1CCCCC1. The molecular weight excluding hydrogens is 426 g/mol. The lowest BCUT2D eigenvalue weighted by molar-refractivity contribution is 0.142. The first kappa shape index (κ1) is 22.5. The van der Waals surface area contributed by atoms with Crippen LogP contribution in [0.2, 0.25) is 0 Å². The van der Waals surface area contributed by atoms with Crippen LogP contribution in [0, 0.1) is 0 Å². The largest absolute Gasteiger partial charge is 0.415 e. The molecule has 0 radical (unpaired) electrons. The number of hydrogen-bond donors (Lipinski definition) is 0. The number of alkyl halides is 1. The summed E-state index contributed by atoms with van der Waals surface area (Å²) >= 11 is 9.63. The third-order valence-electron chi connectivity index (χ3n) is 5.19. The average molecular weight is 459 g/mol. The van der Waals surface area contributed by atoms with Gasteiger partial charge in [0.25, 0.3) is 0 Å². The summed E-state index contributed by atoms with van der Waals surface area (Å²) in [4.78, 5) is 14.4. The van der Waals surface area contributed by atoms with E-state index in [1.807, 2.05) is 11.0 Å². The van der Waals surface area contributed by atoms with E-state index < -0.39 is 0 Å². The van der Waals surface area contributed by atoms with Crippen LogP contribution in [0.25, 0.3) is 0 Å². The molecule has 1 amide bonds. The Hall–Kier alpha value is -0.740. The minimum atomic E-state index is -0.227. The van der Waals surface area contributed by atoms with E-state index in [-0.39, 0.29) is 6.09 Å².